The molecule has 0 aliphatic carbocycles. The summed E-state index contributed by atoms with van der Waals surface area (Å²) in [6.07, 6.45) is 0. The topological polar surface area (TPSA) is 30.3 Å². The lowest BCUT2D eigenvalue weighted by molar-refractivity contribution is 0.0326. The Morgan fingerprint density at radius 3 is 2.62 bits per heavy atom. The van der Waals surface area contributed by atoms with Crippen molar-refractivity contribution in [3.63, 3.8) is 0 Å². The molecule has 1 fully saturated rings. The highest BCUT2D eigenvalue weighted by atomic mass is 35.5. The number of hydrogen-bond donors (Lipinski definition) is 0. The first-order valence-electron chi connectivity index (χ1n) is 7.48. The normalized spacial score (nSPS) is 16.3. The molecule has 0 bridgehead atoms. The van der Waals surface area contributed by atoms with Gasteiger partial charge in [-0.1, -0.05) is 26.0 Å². The van der Waals surface area contributed by atoms with Crippen molar-refractivity contribution in [3.05, 3.63) is 30.1 Å². The van der Waals surface area contributed by atoms with E-state index in [1.54, 1.807) is 0 Å². The summed E-state index contributed by atoms with van der Waals surface area (Å²) in [6, 6.07) is 8.44. The molecular weight excluding hydrogens is 286 g/mol. The summed E-state index contributed by atoms with van der Waals surface area (Å²) in [5.74, 6) is 1.80. The summed E-state index contributed by atoms with van der Waals surface area (Å²) >= 11 is 0. The molecule has 1 aromatic carbocycles. The van der Waals surface area contributed by atoms with Crippen LogP contribution in [0.5, 0.6) is 0 Å². The summed E-state index contributed by atoms with van der Waals surface area (Å²) in [5, 5.41) is 0. The molecule has 1 aliphatic rings. The fourth-order valence-corrected chi connectivity index (χ4v) is 2.77. The Bertz CT molecular complexity index is 576. The Labute approximate surface area is 132 Å². The Kier molecular flexibility index (Phi) is 5.62. The molecule has 0 unspecified atom stereocenters. The zero-order chi connectivity index (χ0) is 13.9. The second kappa shape index (κ2) is 7.25. The van der Waals surface area contributed by atoms with Crippen LogP contribution in [0, 0.1) is 5.92 Å². The van der Waals surface area contributed by atoms with Crippen molar-refractivity contribution in [3.8, 4) is 0 Å². The van der Waals surface area contributed by atoms with Crippen LogP contribution < -0.4 is 0 Å². The standard InChI is InChI=1S/C16H23N3O.ClH/c1-13(2)11-19-15-6-4-3-5-14(15)17-16(19)12-18-7-9-20-10-8-18;/h3-6,13H,7-12H2,1-2H3;1H. The smallest absolute Gasteiger partial charge is 0.124 e. The predicted molar refractivity (Wildman–Crippen MR) is 87.9 cm³/mol. The molecule has 1 aliphatic heterocycles. The molecule has 1 aromatic heterocycles. The maximum atomic E-state index is 5.42. The van der Waals surface area contributed by atoms with Crippen LogP contribution in [0.15, 0.2) is 24.3 Å². The summed E-state index contributed by atoms with van der Waals surface area (Å²) < 4.78 is 7.81. The van der Waals surface area contributed by atoms with Crippen molar-refractivity contribution in [2.75, 3.05) is 26.3 Å². The second-order valence-electron chi connectivity index (χ2n) is 5.91. The van der Waals surface area contributed by atoms with Gasteiger partial charge in [-0.3, -0.25) is 4.90 Å². The van der Waals surface area contributed by atoms with E-state index in [0.717, 1.165) is 44.9 Å². The van der Waals surface area contributed by atoms with Gasteiger partial charge in [-0.15, -0.1) is 12.4 Å². The molecule has 0 radical (unpaired) electrons. The van der Waals surface area contributed by atoms with Crippen molar-refractivity contribution in [1.82, 2.24) is 14.5 Å². The number of benzene rings is 1. The Morgan fingerprint density at radius 2 is 1.90 bits per heavy atom. The number of imidazole rings is 1. The summed E-state index contributed by atoms with van der Waals surface area (Å²) in [4.78, 5) is 7.27. The third kappa shape index (κ3) is 3.76. The first kappa shape index (κ1) is 16.3. The quantitative estimate of drug-likeness (QED) is 0.870. The van der Waals surface area contributed by atoms with Gasteiger partial charge in [-0.05, 0) is 18.1 Å². The molecule has 116 valence electrons. The summed E-state index contributed by atoms with van der Waals surface area (Å²) in [6.45, 7) is 10.1. The predicted octanol–water partition coefficient (Wildman–Crippen LogP) is 2.95. The molecule has 4 nitrogen and oxygen atoms in total. The van der Waals surface area contributed by atoms with Crippen LogP contribution in [0.2, 0.25) is 0 Å². The maximum Gasteiger partial charge on any atom is 0.124 e. The summed E-state index contributed by atoms with van der Waals surface area (Å²) in [5.41, 5.74) is 2.36. The van der Waals surface area contributed by atoms with Gasteiger partial charge >= 0.3 is 0 Å². The average Bonchev–Trinajstić information content (AvgIpc) is 2.78. The number of rotatable bonds is 4. The van der Waals surface area contributed by atoms with E-state index in [9.17, 15) is 0 Å². The SMILES string of the molecule is CC(C)Cn1c(CN2CCOCC2)nc2ccccc21.Cl. The maximum absolute atomic E-state index is 5.42. The number of morpholine rings is 1. The fourth-order valence-electron chi connectivity index (χ4n) is 2.77. The molecule has 2 heterocycles. The number of fused-ring (bicyclic) bond motifs is 1. The summed E-state index contributed by atoms with van der Waals surface area (Å²) in [7, 11) is 0. The van der Waals surface area contributed by atoms with E-state index in [2.05, 4.69) is 47.6 Å². The van der Waals surface area contributed by atoms with Crippen molar-refractivity contribution in [2.45, 2.75) is 26.9 Å². The number of para-hydroxylation sites is 2. The van der Waals surface area contributed by atoms with Gasteiger partial charge in [0, 0.05) is 19.6 Å². The number of halogens is 1. The number of ether oxygens (including phenoxy) is 1. The number of hydrogen-bond acceptors (Lipinski definition) is 3. The Hall–Kier alpha value is -1.10. The number of nitrogens with zero attached hydrogens (tertiary/aromatic N) is 3. The molecule has 1 saturated heterocycles. The van der Waals surface area contributed by atoms with Crippen molar-refractivity contribution < 1.29 is 4.74 Å². The van der Waals surface area contributed by atoms with Gasteiger partial charge in [0.05, 0.1) is 30.8 Å². The highest BCUT2D eigenvalue weighted by Crippen LogP contribution is 2.19. The van der Waals surface area contributed by atoms with E-state index in [1.807, 2.05) is 0 Å². The minimum absolute atomic E-state index is 0. The zero-order valence-electron chi connectivity index (χ0n) is 12.8. The molecule has 0 spiro atoms. The molecule has 21 heavy (non-hydrogen) atoms. The van der Waals surface area contributed by atoms with E-state index in [-0.39, 0.29) is 12.4 Å². The Balaban J connectivity index is 0.00000161. The second-order valence-corrected chi connectivity index (χ2v) is 5.91. The van der Waals surface area contributed by atoms with Gasteiger partial charge in [0.1, 0.15) is 5.82 Å². The molecular formula is C16H24ClN3O. The van der Waals surface area contributed by atoms with Gasteiger partial charge < -0.3 is 9.30 Å². The van der Waals surface area contributed by atoms with Crippen molar-refractivity contribution in [2.24, 2.45) is 5.92 Å². The van der Waals surface area contributed by atoms with Crippen molar-refractivity contribution >= 4 is 23.4 Å². The molecule has 0 atom stereocenters. The van der Waals surface area contributed by atoms with E-state index >= 15 is 0 Å². The lowest BCUT2D eigenvalue weighted by Gasteiger charge is -2.26. The van der Waals surface area contributed by atoms with Crippen LogP contribution in [0.1, 0.15) is 19.7 Å². The number of aromatic nitrogens is 2. The van der Waals surface area contributed by atoms with Crippen molar-refractivity contribution in [1.29, 1.82) is 0 Å². The van der Waals surface area contributed by atoms with E-state index in [4.69, 9.17) is 9.72 Å². The fraction of sp³-hybridized carbons (Fsp3) is 0.562. The highest BCUT2D eigenvalue weighted by molar-refractivity contribution is 5.85. The van der Waals surface area contributed by atoms with Crippen LogP contribution in [0.3, 0.4) is 0 Å². The van der Waals surface area contributed by atoms with E-state index in [1.165, 1.54) is 11.3 Å². The lowest BCUT2D eigenvalue weighted by Crippen LogP contribution is -2.36. The van der Waals surface area contributed by atoms with Gasteiger partial charge in [0.2, 0.25) is 0 Å². The molecule has 0 saturated carbocycles. The van der Waals surface area contributed by atoms with Gasteiger partial charge in [-0.2, -0.15) is 0 Å². The minimum Gasteiger partial charge on any atom is -0.379 e. The molecule has 5 heteroatoms. The molecule has 0 amide bonds. The molecule has 2 aromatic rings. The van der Waals surface area contributed by atoms with Crippen LogP contribution in [0.4, 0.5) is 0 Å². The van der Waals surface area contributed by atoms with Gasteiger partial charge in [0.25, 0.3) is 0 Å². The minimum atomic E-state index is 0. The van der Waals surface area contributed by atoms with E-state index in [0.29, 0.717) is 5.92 Å². The average molecular weight is 310 g/mol. The first-order chi connectivity index (χ1) is 9.74. The van der Waals surface area contributed by atoms with Gasteiger partial charge in [-0.25, -0.2) is 4.98 Å². The highest BCUT2D eigenvalue weighted by Gasteiger charge is 2.16. The monoisotopic (exact) mass is 309 g/mol. The lowest BCUT2D eigenvalue weighted by atomic mass is 10.2. The third-order valence-corrected chi connectivity index (χ3v) is 3.75. The molecule has 0 N–H and O–H groups in total. The first-order valence-corrected chi connectivity index (χ1v) is 7.48. The third-order valence-electron chi connectivity index (χ3n) is 3.75. The van der Waals surface area contributed by atoms with E-state index < -0.39 is 0 Å². The molecule has 3 rings (SSSR count). The van der Waals surface area contributed by atoms with Crippen LogP contribution in [-0.4, -0.2) is 40.8 Å². The zero-order valence-corrected chi connectivity index (χ0v) is 13.6. The van der Waals surface area contributed by atoms with Crippen LogP contribution in [0.25, 0.3) is 11.0 Å². The van der Waals surface area contributed by atoms with Crippen LogP contribution in [-0.2, 0) is 17.8 Å². The largest absolute Gasteiger partial charge is 0.379 e. The Morgan fingerprint density at radius 1 is 1.19 bits per heavy atom. The van der Waals surface area contributed by atoms with Crippen LogP contribution >= 0.6 is 12.4 Å². The van der Waals surface area contributed by atoms with Gasteiger partial charge in [0.15, 0.2) is 0 Å².